The lowest BCUT2D eigenvalue weighted by Gasteiger charge is -2.21. The van der Waals surface area contributed by atoms with E-state index in [1.165, 1.54) is 5.84 Å². The number of imidazole rings is 1. The maximum Gasteiger partial charge on any atom is 0.219 e. The van der Waals surface area contributed by atoms with Gasteiger partial charge in [0.1, 0.15) is 5.82 Å². The van der Waals surface area contributed by atoms with Gasteiger partial charge in [0.25, 0.3) is 0 Å². The Hall–Kier alpha value is -3.64. The molecule has 13 nitrogen and oxygen atoms in total. The van der Waals surface area contributed by atoms with Crippen LogP contribution in [-0.2, 0) is 0 Å². The molecule has 0 fully saturated rings. The molecule has 3 aromatic heterocycles. The van der Waals surface area contributed by atoms with E-state index in [-0.39, 0.29) is 5.54 Å². The number of aromatic nitrogens is 8. The molecule has 0 radical (unpaired) electrons. The number of nitrogens with zero attached hydrogens (tertiary/aromatic N) is 8. The predicted molar refractivity (Wildman–Crippen MR) is 187 cm³/mol. The van der Waals surface area contributed by atoms with E-state index in [0.717, 1.165) is 42.8 Å². The molecule has 2 aliphatic rings. The lowest BCUT2D eigenvalue weighted by atomic mass is 10.1. The molecule has 0 amide bonds. The summed E-state index contributed by atoms with van der Waals surface area (Å²) >= 11 is 0. The molecule has 13 heteroatoms. The number of amidine groups is 2. The lowest BCUT2D eigenvalue weighted by Crippen LogP contribution is -2.41. The van der Waals surface area contributed by atoms with Crippen molar-refractivity contribution >= 4 is 11.7 Å². The molecule has 2 aliphatic heterocycles. The third-order valence-electron chi connectivity index (χ3n) is 6.59. The minimum absolute atomic E-state index is 0.194. The molecule has 4 N–H and O–H groups in total. The molecule has 5 heterocycles. The number of aromatic amines is 2. The van der Waals surface area contributed by atoms with Gasteiger partial charge in [-0.25, -0.2) is 4.98 Å². The molecule has 1 unspecified atom stereocenters. The first-order valence-corrected chi connectivity index (χ1v) is 16.6. The average molecular weight is 643 g/mol. The molecule has 260 valence electrons. The largest absolute Gasteiger partial charge is 0.425 e. The van der Waals surface area contributed by atoms with Gasteiger partial charge in [0.2, 0.25) is 11.8 Å². The summed E-state index contributed by atoms with van der Waals surface area (Å²) in [6, 6.07) is 0. The number of aryl methyl sites for hydroxylation is 2. The fraction of sp³-hybridized carbons (Fsp3) is 0.758. The van der Waals surface area contributed by atoms with E-state index >= 15 is 0 Å². The Bertz CT molecular complexity index is 1240. The van der Waals surface area contributed by atoms with Gasteiger partial charge >= 0.3 is 0 Å². The number of hydrogen-bond donors (Lipinski definition) is 4. The first-order chi connectivity index (χ1) is 21.4. The number of aliphatic imine (C=N–C) groups is 2. The maximum atomic E-state index is 5.12. The third kappa shape index (κ3) is 16.1. The fourth-order valence-corrected chi connectivity index (χ4v) is 3.76. The van der Waals surface area contributed by atoms with Gasteiger partial charge in [-0.2, -0.15) is 5.21 Å². The summed E-state index contributed by atoms with van der Waals surface area (Å²) in [7, 11) is 0. The first kappa shape index (κ1) is 40.4. The molecule has 0 spiro atoms. The summed E-state index contributed by atoms with van der Waals surface area (Å²) in [4.78, 5) is 16.1. The summed E-state index contributed by atoms with van der Waals surface area (Å²) in [5.74, 6) is 8.57. The number of rotatable bonds is 5. The average Bonchev–Trinajstić information content (AvgIpc) is 3.78. The molecular formula is C33H62N12O. The number of hydrogen-bond acceptors (Lipinski definition) is 11. The van der Waals surface area contributed by atoms with Crippen LogP contribution in [0.15, 0.2) is 20.6 Å². The SMILES string of the molecule is CC(C)C1=NCC(C)(C)N1.CC(C)c1nn[nH]n1.CC1CN=C(C(C)C)NC1.Cc1cnc(C(C)C)[nH]1.Cc1nnc(C(C)C)o1. The van der Waals surface area contributed by atoms with E-state index in [4.69, 9.17) is 4.42 Å². The normalized spacial score (nSPS) is 16.6. The second-order valence-electron chi connectivity index (χ2n) is 14.1. The Balaban J connectivity index is 0.000000288. The van der Waals surface area contributed by atoms with Gasteiger partial charge in [-0.15, -0.1) is 20.4 Å². The maximum absolute atomic E-state index is 5.12. The zero-order valence-electron chi connectivity index (χ0n) is 31.1. The Morgan fingerprint density at radius 1 is 0.804 bits per heavy atom. The Kier molecular flexibility index (Phi) is 17.4. The van der Waals surface area contributed by atoms with Gasteiger partial charge in [-0.05, 0) is 26.7 Å². The predicted octanol–water partition coefficient (Wildman–Crippen LogP) is 6.37. The summed E-state index contributed by atoms with van der Waals surface area (Å²) < 4.78 is 5.12. The van der Waals surface area contributed by atoms with Crippen molar-refractivity contribution in [1.29, 1.82) is 0 Å². The van der Waals surface area contributed by atoms with Crippen molar-refractivity contribution in [3.63, 3.8) is 0 Å². The zero-order chi connectivity index (χ0) is 35.0. The van der Waals surface area contributed by atoms with Crippen LogP contribution in [0.25, 0.3) is 0 Å². The van der Waals surface area contributed by atoms with Gasteiger partial charge in [0.05, 0.1) is 23.8 Å². The van der Waals surface area contributed by atoms with Crippen molar-refractivity contribution in [3.8, 4) is 0 Å². The van der Waals surface area contributed by atoms with Crippen LogP contribution in [0.4, 0.5) is 0 Å². The van der Waals surface area contributed by atoms with Crippen molar-refractivity contribution in [3.05, 3.63) is 35.3 Å². The molecule has 5 rings (SSSR count). The van der Waals surface area contributed by atoms with Crippen LogP contribution in [0.3, 0.4) is 0 Å². The van der Waals surface area contributed by atoms with Crippen LogP contribution in [0.2, 0.25) is 0 Å². The number of nitrogens with one attached hydrogen (secondary N) is 4. The Morgan fingerprint density at radius 3 is 1.72 bits per heavy atom. The molecule has 0 bridgehead atoms. The van der Waals surface area contributed by atoms with Crippen LogP contribution in [0.1, 0.15) is 137 Å². The van der Waals surface area contributed by atoms with Crippen LogP contribution < -0.4 is 10.6 Å². The van der Waals surface area contributed by atoms with E-state index < -0.39 is 0 Å². The van der Waals surface area contributed by atoms with E-state index in [1.807, 2.05) is 40.8 Å². The van der Waals surface area contributed by atoms with Gasteiger partial charge in [0.15, 0.2) is 5.82 Å². The van der Waals surface area contributed by atoms with E-state index in [1.54, 1.807) is 6.92 Å². The van der Waals surface area contributed by atoms with Crippen molar-refractivity contribution in [2.24, 2.45) is 27.7 Å². The minimum Gasteiger partial charge on any atom is -0.425 e. The molecule has 3 aromatic rings. The van der Waals surface area contributed by atoms with Gasteiger partial charge in [0, 0.05) is 61.5 Å². The molecule has 0 saturated heterocycles. The Labute approximate surface area is 277 Å². The first-order valence-electron chi connectivity index (χ1n) is 16.6. The molecular weight excluding hydrogens is 580 g/mol. The fourth-order valence-electron chi connectivity index (χ4n) is 3.76. The summed E-state index contributed by atoms with van der Waals surface area (Å²) in [6.45, 7) is 34.4. The van der Waals surface area contributed by atoms with Crippen LogP contribution >= 0.6 is 0 Å². The third-order valence-corrected chi connectivity index (χ3v) is 6.59. The standard InChI is InChI=1S/2C8H16N2.C7H12N2.C6H10N2O.C4H8N4/c1-6(2)7-9-5-8(3,4)10-7;1-6(2)8-9-4-7(3)5-10-8;1-5(2)7-8-4-6(3)9-7;1-4(2)6-8-7-5(3)9-6;1-3(2)4-5-7-8-6-4/h6H,5H2,1-4H3,(H,9,10);6-7H,4-5H2,1-3H3,(H,9,10);4-5H,1-3H3,(H,8,9);4H,1-3H3;3H,1-2H3,(H,5,6,7,8). The van der Waals surface area contributed by atoms with Crippen molar-refractivity contribution < 1.29 is 4.42 Å². The minimum atomic E-state index is 0.194. The molecule has 0 aliphatic carbocycles. The van der Waals surface area contributed by atoms with Crippen molar-refractivity contribution in [1.82, 2.24) is 51.4 Å². The topological polar surface area (TPSA) is 171 Å². The molecule has 0 aromatic carbocycles. The van der Waals surface area contributed by atoms with Gasteiger partial charge < -0.3 is 20.0 Å². The monoisotopic (exact) mass is 643 g/mol. The van der Waals surface area contributed by atoms with Gasteiger partial charge in [-0.1, -0.05) is 81.4 Å². The highest BCUT2D eigenvalue weighted by atomic mass is 16.4. The smallest absolute Gasteiger partial charge is 0.219 e. The van der Waals surface area contributed by atoms with Crippen molar-refractivity contribution in [2.45, 2.75) is 127 Å². The summed E-state index contributed by atoms with van der Waals surface area (Å²) in [5.41, 5.74) is 1.33. The van der Waals surface area contributed by atoms with Gasteiger partial charge in [-0.3, -0.25) is 9.98 Å². The highest BCUT2D eigenvalue weighted by molar-refractivity contribution is 5.86. The zero-order valence-corrected chi connectivity index (χ0v) is 31.1. The quantitative estimate of drug-likeness (QED) is 0.247. The van der Waals surface area contributed by atoms with E-state index in [0.29, 0.717) is 47.3 Å². The second kappa shape index (κ2) is 19.8. The van der Waals surface area contributed by atoms with Crippen LogP contribution in [-0.4, -0.2) is 77.6 Å². The van der Waals surface area contributed by atoms with E-state index in [9.17, 15) is 0 Å². The summed E-state index contributed by atoms with van der Waals surface area (Å²) in [6.07, 6.45) is 1.86. The number of tetrazole rings is 1. The summed E-state index contributed by atoms with van der Waals surface area (Å²) in [5, 5.41) is 27.5. The molecule has 46 heavy (non-hydrogen) atoms. The lowest BCUT2D eigenvalue weighted by molar-refractivity contribution is 0.448. The highest BCUT2D eigenvalue weighted by Crippen LogP contribution is 2.13. The van der Waals surface area contributed by atoms with Crippen LogP contribution in [0.5, 0.6) is 0 Å². The Morgan fingerprint density at radius 2 is 1.46 bits per heavy atom. The number of H-pyrrole nitrogens is 2. The molecule has 0 saturated carbocycles. The highest BCUT2D eigenvalue weighted by Gasteiger charge is 2.25. The van der Waals surface area contributed by atoms with E-state index in [2.05, 4.69) is 124 Å². The molecule has 1 atom stereocenters. The van der Waals surface area contributed by atoms with Crippen LogP contribution in [0, 0.1) is 31.6 Å². The second-order valence-corrected chi connectivity index (χ2v) is 14.1. The van der Waals surface area contributed by atoms with Crippen molar-refractivity contribution in [2.75, 3.05) is 19.6 Å².